The molecular weight excluding hydrogens is 246 g/mol. The van der Waals surface area contributed by atoms with E-state index < -0.39 is 0 Å². The van der Waals surface area contributed by atoms with Gasteiger partial charge in [0.2, 0.25) is 0 Å². The molecule has 0 aliphatic carbocycles. The van der Waals surface area contributed by atoms with E-state index in [9.17, 15) is 0 Å². The summed E-state index contributed by atoms with van der Waals surface area (Å²) in [7, 11) is 0. The molecule has 114 valence electrons. The van der Waals surface area contributed by atoms with Crippen LogP contribution < -0.4 is 5.32 Å². The van der Waals surface area contributed by atoms with Crippen molar-refractivity contribution in [1.29, 1.82) is 0 Å². The number of hydrogen-bond acceptors (Lipinski definition) is 3. The van der Waals surface area contributed by atoms with E-state index in [0.717, 1.165) is 38.2 Å². The molecule has 0 unspecified atom stereocenters. The maximum absolute atomic E-state index is 4.77. The minimum Gasteiger partial charge on any atom is -0.316 e. The van der Waals surface area contributed by atoms with Crippen LogP contribution in [0.2, 0.25) is 0 Å². The second kappa shape index (κ2) is 8.35. The lowest BCUT2D eigenvalue weighted by Crippen LogP contribution is -2.23. The van der Waals surface area contributed by atoms with Crippen molar-refractivity contribution in [3.8, 4) is 0 Å². The fourth-order valence-electron chi connectivity index (χ4n) is 2.34. The molecule has 0 bridgehead atoms. The van der Waals surface area contributed by atoms with E-state index in [2.05, 4.69) is 46.9 Å². The topological polar surface area (TPSA) is 37.8 Å². The van der Waals surface area contributed by atoms with Crippen LogP contribution in [-0.2, 0) is 19.3 Å². The molecule has 1 aromatic rings. The summed E-state index contributed by atoms with van der Waals surface area (Å²) >= 11 is 0. The van der Waals surface area contributed by atoms with E-state index in [1.807, 2.05) is 0 Å². The van der Waals surface area contributed by atoms with Crippen molar-refractivity contribution in [2.24, 2.45) is 5.92 Å². The minimum atomic E-state index is 0.402. The van der Waals surface area contributed by atoms with Crippen LogP contribution in [-0.4, -0.2) is 23.1 Å². The Balaban J connectivity index is 2.87. The van der Waals surface area contributed by atoms with E-state index in [-0.39, 0.29) is 0 Å². The summed E-state index contributed by atoms with van der Waals surface area (Å²) in [5.41, 5.74) is 3.86. The Bertz CT molecular complexity index is 386. The van der Waals surface area contributed by atoms with Gasteiger partial charge in [-0.3, -0.25) is 0 Å². The van der Waals surface area contributed by atoms with Crippen molar-refractivity contribution >= 4 is 0 Å². The first-order valence-electron chi connectivity index (χ1n) is 8.08. The molecule has 3 heteroatoms. The third-order valence-corrected chi connectivity index (χ3v) is 3.49. The van der Waals surface area contributed by atoms with Crippen LogP contribution in [0.4, 0.5) is 0 Å². The fourth-order valence-corrected chi connectivity index (χ4v) is 2.34. The summed E-state index contributed by atoms with van der Waals surface area (Å²) < 4.78 is 0. The van der Waals surface area contributed by atoms with Crippen molar-refractivity contribution < 1.29 is 0 Å². The van der Waals surface area contributed by atoms with Crippen LogP contribution in [0.25, 0.3) is 0 Å². The molecule has 20 heavy (non-hydrogen) atoms. The van der Waals surface area contributed by atoms with Gasteiger partial charge in [0, 0.05) is 17.3 Å². The van der Waals surface area contributed by atoms with Gasteiger partial charge in [0.05, 0.1) is 0 Å². The number of rotatable bonds is 8. The molecule has 1 heterocycles. The van der Waals surface area contributed by atoms with Gasteiger partial charge < -0.3 is 5.32 Å². The van der Waals surface area contributed by atoms with Gasteiger partial charge in [-0.1, -0.05) is 41.5 Å². The van der Waals surface area contributed by atoms with Crippen LogP contribution >= 0.6 is 0 Å². The molecule has 0 spiro atoms. The van der Waals surface area contributed by atoms with Crippen molar-refractivity contribution in [2.45, 2.75) is 66.7 Å². The summed E-state index contributed by atoms with van der Waals surface area (Å²) in [5.74, 6) is 2.10. The third-order valence-electron chi connectivity index (χ3n) is 3.49. The molecule has 0 atom stereocenters. The molecule has 1 N–H and O–H groups in total. The SMILES string of the molecule is CCc1nc(C(C)C)nc(CC)c1CCNCC(C)C. The smallest absolute Gasteiger partial charge is 0.131 e. The average molecular weight is 277 g/mol. The third kappa shape index (κ3) is 4.86. The normalized spacial score (nSPS) is 11.6. The first-order chi connectivity index (χ1) is 9.49. The lowest BCUT2D eigenvalue weighted by atomic mass is 10.0. The Morgan fingerprint density at radius 1 is 0.950 bits per heavy atom. The zero-order valence-corrected chi connectivity index (χ0v) is 14.1. The van der Waals surface area contributed by atoms with E-state index >= 15 is 0 Å². The average Bonchev–Trinajstić information content (AvgIpc) is 2.42. The van der Waals surface area contributed by atoms with Crippen LogP contribution in [0, 0.1) is 5.92 Å². The number of nitrogens with zero attached hydrogens (tertiary/aromatic N) is 2. The Morgan fingerprint density at radius 3 is 1.90 bits per heavy atom. The number of aromatic nitrogens is 2. The monoisotopic (exact) mass is 277 g/mol. The minimum absolute atomic E-state index is 0.402. The Kier molecular flexibility index (Phi) is 7.14. The summed E-state index contributed by atoms with van der Waals surface area (Å²) in [6.45, 7) is 15.3. The molecule has 1 aromatic heterocycles. The highest BCUT2D eigenvalue weighted by Crippen LogP contribution is 2.18. The molecule has 0 aliphatic heterocycles. The van der Waals surface area contributed by atoms with E-state index in [1.165, 1.54) is 17.0 Å². The predicted octanol–water partition coefficient (Wildman–Crippen LogP) is 3.51. The lowest BCUT2D eigenvalue weighted by molar-refractivity contribution is 0.552. The summed E-state index contributed by atoms with van der Waals surface area (Å²) in [6.07, 6.45) is 3.03. The van der Waals surface area contributed by atoms with Gasteiger partial charge in [0.1, 0.15) is 5.82 Å². The zero-order chi connectivity index (χ0) is 15.1. The molecule has 0 fully saturated rings. The summed E-state index contributed by atoms with van der Waals surface area (Å²) in [4.78, 5) is 9.55. The molecule has 0 radical (unpaired) electrons. The van der Waals surface area contributed by atoms with E-state index in [0.29, 0.717) is 11.8 Å². The van der Waals surface area contributed by atoms with Crippen LogP contribution in [0.15, 0.2) is 0 Å². The first kappa shape index (κ1) is 17.1. The first-order valence-corrected chi connectivity index (χ1v) is 8.08. The number of hydrogen-bond donors (Lipinski definition) is 1. The highest BCUT2D eigenvalue weighted by Gasteiger charge is 2.13. The quantitative estimate of drug-likeness (QED) is 0.739. The van der Waals surface area contributed by atoms with Crippen molar-refractivity contribution in [2.75, 3.05) is 13.1 Å². The van der Waals surface area contributed by atoms with Gasteiger partial charge in [0.15, 0.2) is 0 Å². The van der Waals surface area contributed by atoms with Crippen LogP contribution in [0.5, 0.6) is 0 Å². The second-order valence-electron chi connectivity index (χ2n) is 6.16. The molecule has 3 nitrogen and oxygen atoms in total. The fraction of sp³-hybridized carbons (Fsp3) is 0.765. The van der Waals surface area contributed by atoms with Gasteiger partial charge >= 0.3 is 0 Å². The van der Waals surface area contributed by atoms with E-state index in [4.69, 9.17) is 9.97 Å². The van der Waals surface area contributed by atoms with Crippen molar-refractivity contribution in [3.05, 3.63) is 22.8 Å². The van der Waals surface area contributed by atoms with Gasteiger partial charge in [-0.05, 0) is 43.8 Å². The molecular formula is C17H31N3. The highest BCUT2D eigenvalue weighted by atomic mass is 14.9. The lowest BCUT2D eigenvalue weighted by Gasteiger charge is -2.16. The van der Waals surface area contributed by atoms with Gasteiger partial charge in [-0.15, -0.1) is 0 Å². The summed E-state index contributed by atoms with van der Waals surface area (Å²) in [5, 5.41) is 3.52. The Hall–Kier alpha value is -0.960. The number of nitrogens with one attached hydrogen (secondary N) is 1. The maximum atomic E-state index is 4.77. The standard InChI is InChI=1S/C17H31N3/c1-7-15-14(9-10-18-11-12(3)4)16(8-2)20-17(19-15)13(5)6/h12-13,18H,7-11H2,1-6H3. The number of aryl methyl sites for hydroxylation is 2. The largest absolute Gasteiger partial charge is 0.316 e. The van der Waals surface area contributed by atoms with Crippen LogP contribution in [0.1, 0.15) is 70.2 Å². The highest BCUT2D eigenvalue weighted by molar-refractivity contribution is 5.27. The molecule has 1 rings (SSSR count). The maximum Gasteiger partial charge on any atom is 0.131 e. The van der Waals surface area contributed by atoms with Gasteiger partial charge in [0.25, 0.3) is 0 Å². The second-order valence-corrected chi connectivity index (χ2v) is 6.16. The van der Waals surface area contributed by atoms with Gasteiger partial charge in [-0.25, -0.2) is 9.97 Å². The van der Waals surface area contributed by atoms with Crippen molar-refractivity contribution in [3.63, 3.8) is 0 Å². The molecule has 0 amide bonds. The van der Waals surface area contributed by atoms with Gasteiger partial charge in [-0.2, -0.15) is 0 Å². The zero-order valence-electron chi connectivity index (χ0n) is 14.1. The molecule has 0 saturated heterocycles. The Morgan fingerprint density at radius 2 is 1.50 bits per heavy atom. The van der Waals surface area contributed by atoms with E-state index in [1.54, 1.807) is 0 Å². The summed E-state index contributed by atoms with van der Waals surface area (Å²) in [6, 6.07) is 0. The van der Waals surface area contributed by atoms with Crippen LogP contribution in [0.3, 0.4) is 0 Å². The molecule has 0 aliphatic rings. The molecule has 0 aromatic carbocycles. The molecule has 0 saturated carbocycles. The van der Waals surface area contributed by atoms with Crippen molar-refractivity contribution in [1.82, 2.24) is 15.3 Å². The Labute approximate surface area is 124 Å². The predicted molar refractivity (Wildman–Crippen MR) is 86.3 cm³/mol.